The topological polar surface area (TPSA) is 106 Å². The number of anilines is 2. The largest absolute Gasteiger partial charge is 0.461 e. The van der Waals surface area contributed by atoms with Crippen molar-refractivity contribution in [3.05, 3.63) is 40.6 Å². The second-order valence-corrected chi connectivity index (χ2v) is 13.5. The highest BCUT2D eigenvalue weighted by molar-refractivity contribution is 7.23. The zero-order valence-corrected chi connectivity index (χ0v) is 26.5. The van der Waals surface area contributed by atoms with E-state index in [-0.39, 0.29) is 50.7 Å². The number of benzene rings is 1. The Morgan fingerprint density at radius 2 is 2.20 bits per heavy atom. The molecule has 14 heteroatoms. The number of halogens is 3. The van der Waals surface area contributed by atoms with Crippen molar-refractivity contribution >= 4 is 60.4 Å². The van der Waals surface area contributed by atoms with Crippen LogP contribution < -0.4 is 20.7 Å². The van der Waals surface area contributed by atoms with E-state index in [1.54, 1.807) is 19.4 Å². The molecule has 0 aliphatic carbocycles. The SMILES string of the molecule is [C-]#[N+]c1c(N)sc2c(F)ccc(-c3ncc4c(N(C)C5CCN[C@@H]5COC)nc(OC[C@@]56CCCN5C[C@H](F)C6)nc4c3Cl)c12. The molecule has 7 rings (SSSR count). The van der Waals surface area contributed by atoms with Crippen LogP contribution in [0, 0.1) is 12.4 Å². The van der Waals surface area contributed by atoms with Gasteiger partial charge in [0.25, 0.3) is 0 Å². The molecule has 4 atom stereocenters. The van der Waals surface area contributed by atoms with E-state index in [1.807, 2.05) is 7.05 Å². The molecule has 0 radical (unpaired) electrons. The number of fused-ring (bicyclic) bond motifs is 3. The van der Waals surface area contributed by atoms with Crippen LogP contribution in [0.1, 0.15) is 25.7 Å². The van der Waals surface area contributed by atoms with Gasteiger partial charge in [0.1, 0.15) is 29.9 Å². The average Bonchev–Trinajstić information content (AvgIpc) is 3.79. The quantitative estimate of drug-likeness (QED) is 0.235. The van der Waals surface area contributed by atoms with Gasteiger partial charge < -0.3 is 25.4 Å². The fourth-order valence-corrected chi connectivity index (χ4v) is 8.63. The van der Waals surface area contributed by atoms with E-state index >= 15 is 0 Å². The highest BCUT2D eigenvalue weighted by atomic mass is 35.5. The highest BCUT2D eigenvalue weighted by Crippen LogP contribution is 2.48. The van der Waals surface area contributed by atoms with Crippen molar-refractivity contribution in [1.29, 1.82) is 0 Å². The Labute approximate surface area is 268 Å². The summed E-state index contributed by atoms with van der Waals surface area (Å²) < 4.78 is 41.4. The van der Waals surface area contributed by atoms with Gasteiger partial charge in [-0.15, -0.1) is 11.3 Å². The van der Waals surface area contributed by atoms with Gasteiger partial charge in [-0.05, 0) is 38.4 Å². The Hall–Kier alpha value is -3.41. The molecular formula is C31H33ClF2N8O2S. The maximum absolute atomic E-state index is 14.8. The third kappa shape index (κ3) is 5.03. The molecule has 1 unspecified atom stereocenters. The second kappa shape index (κ2) is 11.7. The predicted octanol–water partition coefficient (Wildman–Crippen LogP) is 5.60. The summed E-state index contributed by atoms with van der Waals surface area (Å²) >= 11 is 8.14. The summed E-state index contributed by atoms with van der Waals surface area (Å²) in [4.78, 5) is 22.2. The summed E-state index contributed by atoms with van der Waals surface area (Å²) in [6.07, 6.45) is 3.90. The number of hydrogen-bond donors (Lipinski definition) is 2. The van der Waals surface area contributed by atoms with Crippen molar-refractivity contribution in [2.45, 2.75) is 49.5 Å². The third-order valence-electron chi connectivity index (χ3n) is 9.52. The molecule has 0 bridgehead atoms. The Morgan fingerprint density at radius 1 is 1.36 bits per heavy atom. The third-order valence-corrected chi connectivity index (χ3v) is 10.9. The number of pyridine rings is 1. The van der Waals surface area contributed by atoms with Crippen LogP contribution in [0.4, 0.5) is 25.3 Å². The van der Waals surface area contributed by atoms with Gasteiger partial charge in [0.15, 0.2) is 0 Å². The lowest BCUT2D eigenvalue weighted by molar-refractivity contribution is 0.107. The molecule has 3 saturated heterocycles. The zero-order chi connectivity index (χ0) is 31.5. The number of alkyl halides is 1. The Balaban J connectivity index is 1.36. The minimum Gasteiger partial charge on any atom is -0.461 e. The van der Waals surface area contributed by atoms with Crippen LogP contribution in [0.5, 0.6) is 6.01 Å². The number of rotatable bonds is 8. The van der Waals surface area contributed by atoms with Crippen LogP contribution in [0.2, 0.25) is 5.02 Å². The van der Waals surface area contributed by atoms with Crippen molar-refractivity contribution in [3.63, 3.8) is 0 Å². The van der Waals surface area contributed by atoms with E-state index in [4.69, 9.17) is 48.3 Å². The lowest BCUT2D eigenvalue weighted by Crippen LogP contribution is -2.45. The minimum absolute atomic E-state index is 0.0622. The van der Waals surface area contributed by atoms with E-state index in [2.05, 4.69) is 20.0 Å². The Morgan fingerprint density at radius 3 is 3.00 bits per heavy atom. The molecule has 0 spiro atoms. The zero-order valence-electron chi connectivity index (χ0n) is 24.9. The monoisotopic (exact) mass is 654 g/mol. The van der Waals surface area contributed by atoms with Gasteiger partial charge in [0.2, 0.25) is 5.69 Å². The summed E-state index contributed by atoms with van der Waals surface area (Å²) in [5.41, 5.74) is 7.11. The maximum atomic E-state index is 14.8. The molecule has 3 aliphatic heterocycles. The number of ether oxygens (including phenoxy) is 2. The number of nitrogens with one attached hydrogen (secondary N) is 1. The van der Waals surface area contributed by atoms with Crippen LogP contribution in [-0.2, 0) is 4.74 Å². The molecule has 236 valence electrons. The standard InChI is InChI=1S/C31H33ClF2N8O2S/c1-36-26-22-17(5-6-19(34)27(22)45-28(26)35)24-23(32)25-18(12-38-24)29(41(2)21-7-9-37-20(21)14-43-3)40-30(39-25)44-15-31-8-4-10-42(31)13-16(33)11-31/h5-6,12,16,20-21,37H,4,7-11,13-15,35H2,2-3H3/t16-,20-,21?,31+/m1/s1. The van der Waals surface area contributed by atoms with E-state index in [0.717, 1.165) is 43.7 Å². The first-order valence-electron chi connectivity index (χ1n) is 15.0. The summed E-state index contributed by atoms with van der Waals surface area (Å²) in [5.74, 6) is 0.116. The number of nitrogen functional groups attached to an aromatic ring is 1. The van der Waals surface area contributed by atoms with Gasteiger partial charge >= 0.3 is 6.01 Å². The first-order chi connectivity index (χ1) is 21.7. The molecule has 3 aromatic heterocycles. The fourth-order valence-electron chi connectivity index (χ4n) is 7.40. The number of methoxy groups -OCH3 is 1. The number of thiophene rings is 1. The van der Waals surface area contributed by atoms with Gasteiger partial charge in [-0.2, -0.15) is 9.97 Å². The number of likely N-dealkylation sites (N-methyl/N-ethyl adjacent to an activating group) is 1. The van der Waals surface area contributed by atoms with Crippen molar-refractivity contribution in [2.75, 3.05) is 57.6 Å². The molecule has 0 amide bonds. The van der Waals surface area contributed by atoms with E-state index < -0.39 is 12.0 Å². The number of aromatic nitrogens is 3. The normalized spacial score (nSPS) is 24.8. The first kappa shape index (κ1) is 30.3. The van der Waals surface area contributed by atoms with Gasteiger partial charge in [0, 0.05) is 50.3 Å². The summed E-state index contributed by atoms with van der Waals surface area (Å²) in [6, 6.07) is 3.16. The lowest BCUT2D eigenvalue weighted by atomic mass is 9.95. The van der Waals surface area contributed by atoms with Crippen molar-refractivity contribution < 1.29 is 18.3 Å². The molecule has 6 heterocycles. The van der Waals surface area contributed by atoms with Gasteiger partial charge in [-0.1, -0.05) is 17.7 Å². The first-order valence-corrected chi connectivity index (χ1v) is 16.2. The molecule has 10 nitrogen and oxygen atoms in total. The average molecular weight is 655 g/mol. The molecular weight excluding hydrogens is 622 g/mol. The van der Waals surface area contributed by atoms with Crippen LogP contribution in [0.25, 0.3) is 37.1 Å². The van der Waals surface area contributed by atoms with Crippen molar-refractivity contribution in [3.8, 4) is 17.3 Å². The van der Waals surface area contributed by atoms with Crippen LogP contribution >= 0.6 is 22.9 Å². The molecule has 3 N–H and O–H groups in total. The van der Waals surface area contributed by atoms with Gasteiger partial charge in [0.05, 0.1) is 50.6 Å². The Bertz CT molecular complexity index is 1840. The molecule has 0 saturated carbocycles. The number of nitrogens with zero attached hydrogens (tertiary/aromatic N) is 6. The number of hydrogen-bond acceptors (Lipinski definition) is 10. The van der Waals surface area contributed by atoms with Crippen molar-refractivity contribution in [2.24, 2.45) is 0 Å². The molecule has 3 aliphatic rings. The highest BCUT2D eigenvalue weighted by Gasteiger charge is 2.49. The Kier molecular flexibility index (Phi) is 7.90. The maximum Gasteiger partial charge on any atom is 0.319 e. The van der Waals surface area contributed by atoms with Gasteiger partial charge in [-0.25, -0.2) is 13.6 Å². The fraction of sp³-hybridized carbons (Fsp3) is 0.484. The van der Waals surface area contributed by atoms with Crippen LogP contribution in [0.15, 0.2) is 18.3 Å². The van der Waals surface area contributed by atoms with E-state index in [0.29, 0.717) is 52.9 Å². The summed E-state index contributed by atoms with van der Waals surface area (Å²) in [5, 5.41) is 4.92. The number of nitrogens with two attached hydrogens (primary N) is 1. The lowest BCUT2D eigenvalue weighted by Gasteiger charge is -2.32. The minimum atomic E-state index is -0.886. The molecule has 1 aromatic carbocycles. The van der Waals surface area contributed by atoms with Crippen molar-refractivity contribution in [1.82, 2.24) is 25.2 Å². The van der Waals surface area contributed by atoms with E-state index in [1.165, 1.54) is 6.07 Å². The van der Waals surface area contributed by atoms with Crippen LogP contribution in [0.3, 0.4) is 0 Å². The second-order valence-electron chi connectivity index (χ2n) is 12.1. The molecule has 45 heavy (non-hydrogen) atoms. The summed E-state index contributed by atoms with van der Waals surface area (Å²) in [7, 11) is 3.65. The van der Waals surface area contributed by atoms with Crippen LogP contribution in [-0.4, -0.2) is 90.7 Å². The smallest absolute Gasteiger partial charge is 0.319 e. The molecule has 4 aromatic rings. The molecule has 3 fully saturated rings. The van der Waals surface area contributed by atoms with E-state index in [9.17, 15) is 8.78 Å². The predicted molar refractivity (Wildman–Crippen MR) is 173 cm³/mol. The van der Waals surface area contributed by atoms with Gasteiger partial charge in [-0.3, -0.25) is 9.88 Å². The summed E-state index contributed by atoms with van der Waals surface area (Å²) in [6.45, 7) is 10.6.